The lowest BCUT2D eigenvalue weighted by Gasteiger charge is -2.38. The zero-order valence-corrected chi connectivity index (χ0v) is 24.6. The molecule has 0 spiro atoms. The summed E-state index contributed by atoms with van der Waals surface area (Å²) in [6.07, 6.45) is 0.851. The molecule has 1 aliphatic heterocycles. The van der Waals surface area contributed by atoms with Crippen molar-refractivity contribution in [3.63, 3.8) is 0 Å². The van der Waals surface area contributed by atoms with E-state index in [1.807, 2.05) is 86.9 Å². The summed E-state index contributed by atoms with van der Waals surface area (Å²) in [4.78, 5) is 33.3. The average Bonchev–Trinajstić information content (AvgIpc) is 3.02. The van der Waals surface area contributed by atoms with Crippen molar-refractivity contribution >= 4 is 39.6 Å². The van der Waals surface area contributed by atoms with Crippen LogP contribution in [0.5, 0.6) is 5.75 Å². The SMILES string of the molecule is COc1ccccc1N1CCN(c2ccc(NC(=O)c3ccc4ccccc4c3)cc2C(=O)NCCCN(C)C)CC1. The number of para-hydroxylation sites is 2. The quantitative estimate of drug-likeness (QED) is 0.260. The van der Waals surface area contributed by atoms with Gasteiger partial charge in [-0.2, -0.15) is 0 Å². The predicted molar refractivity (Wildman–Crippen MR) is 171 cm³/mol. The van der Waals surface area contributed by atoms with Gasteiger partial charge in [-0.1, -0.05) is 42.5 Å². The van der Waals surface area contributed by atoms with E-state index in [0.29, 0.717) is 23.4 Å². The van der Waals surface area contributed by atoms with Crippen LogP contribution in [0.25, 0.3) is 10.8 Å². The molecule has 4 aromatic rings. The number of hydrogen-bond acceptors (Lipinski definition) is 6. The Morgan fingerprint density at radius 2 is 1.48 bits per heavy atom. The second-order valence-electron chi connectivity index (χ2n) is 10.8. The first-order valence-corrected chi connectivity index (χ1v) is 14.4. The number of nitrogens with zero attached hydrogens (tertiary/aromatic N) is 3. The van der Waals surface area contributed by atoms with Crippen molar-refractivity contribution in [2.45, 2.75) is 6.42 Å². The summed E-state index contributed by atoms with van der Waals surface area (Å²) in [5, 5.41) is 8.18. The number of carbonyl (C=O) groups excluding carboxylic acids is 2. The van der Waals surface area contributed by atoms with Crippen LogP contribution in [0.15, 0.2) is 84.9 Å². The van der Waals surface area contributed by atoms with Crippen LogP contribution in [0, 0.1) is 0 Å². The molecule has 1 aliphatic rings. The van der Waals surface area contributed by atoms with Crippen LogP contribution >= 0.6 is 0 Å². The van der Waals surface area contributed by atoms with E-state index in [9.17, 15) is 9.59 Å². The van der Waals surface area contributed by atoms with Gasteiger partial charge in [0.1, 0.15) is 5.75 Å². The molecule has 2 N–H and O–H groups in total. The third-order valence-electron chi connectivity index (χ3n) is 7.62. The number of methoxy groups -OCH3 is 1. The van der Waals surface area contributed by atoms with E-state index in [0.717, 1.165) is 67.0 Å². The first kappa shape index (κ1) is 29.0. The Labute approximate surface area is 247 Å². The summed E-state index contributed by atoms with van der Waals surface area (Å²) in [6.45, 7) is 4.56. The van der Waals surface area contributed by atoms with Gasteiger partial charge in [-0.25, -0.2) is 0 Å². The van der Waals surface area contributed by atoms with Crippen LogP contribution in [0.3, 0.4) is 0 Å². The summed E-state index contributed by atoms with van der Waals surface area (Å²) < 4.78 is 5.57. The highest BCUT2D eigenvalue weighted by Gasteiger charge is 2.24. The third-order valence-corrected chi connectivity index (χ3v) is 7.62. The summed E-state index contributed by atoms with van der Waals surface area (Å²) in [5.74, 6) is 0.504. The average molecular weight is 566 g/mol. The molecule has 0 saturated carbocycles. The van der Waals surface area contributed by atoms with Gasteiger partial charge in [0.05, 0.1) is 18.4 Å². The first-order chi connectivity index (χ1) is 20.4. The van der Waals surface area contributed by atoms with Crippen molar-refractivity contribution in [1.29, 1.82) is 0 Å². The Bertz CT molecular complexity index is 1550. The van der Waals surface area contributed by atoms with Gasteiger partial charge < -0.3 is 30.1 Å². The number of piperazine rings is 1. The van der Waals surface area contributed by atoms with Crippen molar-refractivity contribution in [2.75, 3.05) is 75.6 Å². The minimum atomic E-state index is -0.212. The van der Waals surface area contributed by atoms with E-state index in [1.165, 1.54) is 0 Å². The number of rotatable bonds is 10. The maximum atomic E-state index is 13.5. The zero-order valence-electron chi connectivity index (χ0n) is 24.6. The minimum absolute atomic E-state index is 0.141. The van der Waals surface area contributed by atoms with E-state index < -0.39 is 0 Å². The number of nitrogens with one attached hydrogen (secondary N) is 2. The number of fused-ring (bicyclic) bond motifs is 1. The number of anilines is 3. The van der Waals surface area contributed by atoms with Gasteiger partial charge in [0.15, 0.2) is 0 Å². The van der Waals surface area contributed by atoms with Crippen LogP contribution in [-0.2, 0) is 0 Å². The Balaban J connectivity index is 1.34. The molecule has 0 bridgehead atoms. The van der Waals surface area contributed by atoms with Crippen LogP contribution in [0.1, 0.15) is 27.1 Å². The number of benzene rings is 4. The van der Waals surface area contributed by atoms with Gasteiger partial charge in [-0.15, -0.1) is 0 Å². The monoisotopic (exact) mass is 565 g/mol. The highest BCUT2D eigenvalue weighted by Crippen LogP contribution is 2.31. The fourth-order valence-electron chi connectivity index (χ4n) is 5.38. The van der Waals surface area contributed by atoms with Crippen molar-refractivity contribution in [3.8, 4) is 5.75 Å². The second-order valence-corrected chi connectivity index (χ2v) is 10.8. The predicted octanol–water partition coefficient (Wildman–Crippen LogP) is 5.11. The van der Waals surface area contributed by atoms with Gasteiger partial charge in [0, 0.05) is 49.7 Å². The summed E-state index contributed by atoms with van der Waals surface area (Å²) in [5.41, 5.74) is 3.65. The fourth-order valence-corrected chi connectivity index (χ4v) is 5.38. The summed E-state index contributed by atoms with van der Waals surface area (Å²) in [6, 6.07) is 27.3. The molecule has 0 unspecified atom stereocenters. The molecule has 2 amide bonds. The van der Waals surface area contributed by atoms with Gasteiger partial charge in [-0.3, -0.25) is 9.59 Å². The van der Waals surface area contributed by atoms with Crippen LogP contribution in [-0.4, -0.2) is 77.2 Å². The molecule has 0 atom stereocenters. The third kappa shape index (κ3) is 6.83. The molecule has 0 aromatic heterocycles. The normalized spacial score (nSPS) is 13.3. The van der Waals surface area contributed by atoms with Crippen LogP contribution in [0.2, 0.25) is 0 Å². The van der Waals surface area contributed by atoms with E-state index in [-0.39, 0.29) is 11.8 Å². The minimum Gasteiger partial charge on any atom is -0.495 e. The molecule has 1 fully saturated rings. The van der Waals surface area contributed by atoms with Gasteiger partial charge in [0.25, 0.3) is 11.8 Å². The number of hydrogen-bond donors (Lipinski definition) is 2. The second kappa shape index (κ2) is 13.4. The molecule has 42 heavy (non-hydrogen) atoms. The lowest BCUT2D eigenvalue weighted by molar-refractivity contribution is 0.0951. The highest BCUT2D eigenvalue weighted by atomic mass is 16.5. The van der Waals surface area contributed by atoms with Crippen molar-refractivity contribution in [1.82, 2.24) is 10.2 Å². The molecule has 5 rings (SSSR count). The molecule has 8 nitrogen and oxygen atoms in total. The lowest BCUT2D eigenvalue weighted by atomic mass is 10.1. The largest absolute Gasteiger partial charge is 0.495 e. The fraction of sp³-hybridized carbons (Fsp3) is 0.294. The summed E-state index contributed by atoms with van der Waals surface area (Å²) in [7, 11) is 5.73. The molecule has 8 heteroatoms. The van der Waals surface area contributed by atoms with Gasteiger partial charge in [0.2, 0.25) is 0 Å². The standard InChI is InChI=1S/C34H39N5O3/c1-37(2)18-8-17-35-34(41)29-24-28(36-33(40)27-14-13-25-9-4-5-10-26(25)23-27)15-16-30(29)38-19-21-39(22-20-38)31-11-6-7-12-32(31)42-3/h4-7,9-16,23-24H,8,17-22H2,1-3H3,(H,35,41)(H,36,40). The van der Waals surface area contributed by atoms with E-state index in [4.69, 9.17) is 4.74 Å². The number of amides is 2. The molecule has 4 aromatic carbocycles. The Hall–Kier alpha value is -4.56. The van der Waals surface area contributed by atoms with Crippen LogP contribution < -0.4 is 25.2 Å². The zero-order chi connectivity index (χ0) is 29.5. The molecule has 1 heterocycles. The number of ether oxygens (including phenoxy) is 1. The molecule has 0 radical (unpaired) electrons. The molecular formula is C34H39N5O3. The van der Waals surface area contributed by atoms with Crippen molar-refractivity contribution < 1.29 is 14.3 Å². The smallest absolute Gasteiger partial charge is 0.255 e. The Morgan fingerprint density at radius 3 is 2.21 bits per heavy atom. The Morgan fingerprint density at radius 1 is 0.786 bits per heavy atom. The molecular weight excluding hydrogens is 526 g/mol. The highest BCUT2D eigenvalue weighted by molar-refractivity contribution is 6.08. The lowest BCUT2D eigenvalue weighted by Crippen LogP contribution is -2.47. The topological polar surface area (TPSA) is 77.1 Å². The number of carbonyl (C=O) groups is 2. The molecule has 0 aliphatic carbocycles. The molecule has 218 valence electrons. The van der Waals surface area contributed by atoms with Gasteiger partial charge in [-0.05, 0) is 80.3 Å². The first-order valence-electron chi connectivity index (χ1n) is 14.4. The maximum Gasteiger partial charge on any atom is 0.255 e. The van der Waals surface area contributed by atoms with E-state index in [2.05, 4.69) is 31.4 Å². The van der Waals surface area contributed by atoms with E-state index in [1.54, 1.807) is 13.2 Å². The maximum absolute atomic E-state index is 13.5. The Kier molecular flexibility index (Phi) is 9.24. The molecule has 1 saturated heterocycles. The van der Waals surface area contributed by atoms with Crippen molar-refractivity contribution in [3.05, 3.63) is 96.1 Å². The van der Waals surface area contributed by atoms with Crippen LogP contribution in [0.4, 0.5) is 17.1 Å². The van der Waals surface area contributed by atoms with E-state index >= 15 is 0 Å². The van der Waals surface area contributed by atoms with Crippen molar-refractivity contribution in [2.24, 2.45) is 0 Å². The summed E-state index contributed by atoms with van der Waals surface area (Å²) >= 11 is 0. The van der Waals surface area contributed by atoms with Gasteiger partial charge >= 0.3 is 0 Å².